The number of anilines is 1. The van der Waals surface area contributed by atoms with Crippen molar-refractivity contribution in [2.45, 2.75) is 13.5 Å². The molecular formula is C13H12N4O. The van der Waals surface area contributed by atoms with E-state index in [-0.39, 0.29) is 12.5 Å². The minimum Gasteiger partial charge on any atom is -0.324 e. The molecule has 5 nitrogen and oxygen atoms in total. The summed E-state index contributed by atoms with van der Waals surface area (Å²) in [6.45, 7) is 2.04. The summed E-state index contributed by atoms with van der Waals surface area (Å²) in [5, 5.41) is 15.5. The summed E-state index contributed by atoms with van der Waals surface area (Å²) < 4.78 is 1.58. The molecule has 0 saturated heterocycles. The van der Waals surface area contributed by atoms with Crippen LogP contribution in [-0.4, -0.2) is 15.7 Å². The number of carbonyl (C=O) groups excluding carboxylic acids is 1. The summed E-state index contributed by atoms with van der Waals surface area (Å²) in [7, 11) is 0. The average molecular weight is 240 g/mol. The number of hydrogen-bond donors (Lipinski definition) is 1. The van der Waals surface area contributed by atoms with E-state index in [4.69, 9.17) is 5.26 Å². The fourth-order valence-electron chi connectivity index (χ4n) is 1.53. The van der Waals surface area contributed by atoms with E-state index >= 15 is 0 Å². The van der Waals surface area contributed by atoms with Crippen molar-refractivity contribution in [1.82, 2.24) is 9.78 Å². The molecule has 1 amide bonds. The number of rotatable bonds is 3. The van der Waals surface area contributed by atoms with Gasteiger partial charge in [0, 0.05) is 11.9 Å². The van der Waals surface area contributed by atoms with Gasteiger partial charge in [-0.3, -0.25) is 9.48 Å². The van der Waals surface area contributed by atoms with Crippen LogP contribution in [0, 0.1) is 18.3 Å². The Hall–Kier alpha value is -2.61. The van der Waals surface area contributed by atoms with Crippen LogP contribution in [0.2, 0.25) is 0 Å². The zero-order valence-electron chi connectivity index (χ0n) is 9.92. The van der Waals surface area contributed by atoms with Gasteiger partial charge < -0.3 is 5.32 Å². The van der Waals surface area contributed by atoms with Gasteiger partial charge in [-0.1, -0.05) is 0 Å². The Balaban J connectivity index is 1.96. The molecule has 0 bridgehead atoms. The first kappa shape index (κ1) is 11.9. The Labute approximate surface area is 105 Å². The molecule has 0 atom stereocenters. The van der Waals surface area contributed by atoms with Crippen molar-refractivity contribution in [3.8, 4) is 6.07 Å². The SMILES string of the molecule is Cc1ccn(CC(=O)Nc2ccc(C#N)cc2)n1. The summed E-state index contributed by atoms with van der Waals surface area (Å²) in [5.74, 6) is -0.150. The van der Waals surface area contributed by atoms with E-state index in [0.717, 1.165) is 5.69 Å². The average Bonchev–Trinajstić information content (AvgIpc) is 2.75. The lowest BCUT2D eigenvalue weighted by Gasteiger charge is -2.05. The number of benzene rings is 1. The molecule has 1 heterocycles. The molecule has 0 fully saturated rings. The molecule has 90 valence electrons. The van der Waals surface area contributed by atoms with Crippen LogP contribution < -0.4 is 5.32 Å². The van der Waals surface area contributed by atoms with Gasteiger partial charge in [-0.15, -0.1) is 0 Å². The standard InChI is InChI=1S/C13H12N4O/c1-10-6-7-17(16-10)9-13(18)15-12-4-2-11(8-14)3-5-12/h2-7H,9H2,1H3,(H,15,18). The van der Waals surface area contributed by atoms with Crippen LogP contribution in [0.4, 0.5) is 5.69 Å². The van der Waals surface area contributed by atoms with Crippen LogP contribution in [0.3, 0.4) is 0 Å². The maximum atomic E-state index is 11.7. The highest BCUT2D eigenvalue weighted by atomic mass is 16.2. The van der Waals surface area contributed by atoms with E-state index < -0.39 is 0 Å². The van der Waals surface area contributed by atoms with Gasteiger partial charge in [0.15, 0.2) is 0 Å². The number of hydrogen-bond acceptors (Lipinski definition) is 3. The molecule has 1 aromatic heterocycles. The monoisotopic (exact) mass is 240 g/mol. The number of nitriles is 1. The molecule has 1 N–H and O–H groups in total. The van der Waals surface area contributed by atoms with E-state index in [1.54, 1.807) is 35.1 Å². The van der Waals surface area contributed by atoms with Crippen molar-refractivity contribution in [3.63, 3.8) is 0 Å². The van der Waals surface area contributed by atoms with Crippen molar-refractivity contribution < 1.29 is 4.79 Å². The quantitative estimate of drug-likeness (QED) is 0.887. The first-order chi connectivity index (χ1) is 8.67. The van der Waals surface area contributed by atoms with Crippen LogP contribution >= 0.6 is 0 Å². The zero-order chi connectivity index (χ0) is 13.0. The van der Waals surface area contributed by atoms with Gasteiger partial charge in [0.05, 0.1) is 17.3 Å². The van der Waals surface area contributed by atoms with Crippen molar-refractivity contribution in [2.24, 2.45) is 0 Å². The van der Waals surface area contributed by atoms with Crippen molar-refractivity contribution in [3.05, 3.63) is 47.8 Å². The van der Waals surface area contributed by atoms with Crippen LogP contribution in [0.5, 0.6) is 0 Å². The van der Waals surface area contributed by atoms with Crippen LogP contribution in [0.15, 0.2) is 36.5 Å². The second kappa shape index (κ2) is 5.15. The lowest BCUT2D eigenvalue weighted by Crippen LogP contribution is -2.19. The minimum atomic E-state index is -0.150. The molecule has 0 unspecified atom stereocenters. The molecule has 2 rings (SSSR count). The molecule has 0 aliphatic carbocycles. The van der Waals surface area contributed by atoms with Crippen LogP contribution in [0.1, 0.15) is 11.3 Å². The summed E-state index contributed by atoms with van der Waals surface area (Å²) in [5.41, 5.74) is 2.11. The molecule has 0 aliphatic heterocycles. The molecule has 2 aromatic rings. The lowest BCUT2D eigenvalue weighted by atomic mass is 10.2. The van der Waals surface area contributed by atoms with E-state index in [1.807, 2.05) is 19.1 Å². The minimum absolute atomic E-state index is 0.150. The maximum absolute atomic E-state index is 11.7. The largest absolute Gasteiger partial charge is 0.324 e. The smallest absolute Gasteiger partial charge is 0.246 e. The fraction of sp³-hybridized carbons (Fsp3) is 0.154. The highest BCUT2D eigenvalue weighted by Crippen LogP contribution is 2.08. The highest BCUT2D eigenvalue weighted by Gasteiger charge is 2.04. The Morgan fingerprint density at radius 1 is 1.39 bits per heavy atom. The Morgan fingerprint density at radius 3 is 2.67 bits per heavy atom. The number of amides is 1. The number of aromatic nitrogens is 2. The van der Waals surface area contributed by atoms with Gasteiger partial charge >= 0.3 is 0 Å². The summed E-state index contributed by atoms with van der Waals surface area (Å²) in [4.78, 5) is 11.7. The second-order valence-electron chi connectivity index (χ2n) is 3.89. The van der Waals surface area contributed by atoms with Crippen molar-refractivity contribution in [1.29, 1.82) is 5.26 Å². The maximum Gasteiger partial charge on any atom is 0.246 e. The van der Waals surface area contributed by atoms with Crippen LogP contribution in [-0.2, 0) is 11.3 Å². The third-order valence-electron chi connectivity index (χ3n) is 2.38. The molecule has 18 heavy (non-hydrogen) atoms. The van der Waals surface area contributed by atoms with Crippen molar-refractivity contribution in [2.75, 3.05) is 5.32 Å². The van der Waals surface area contributed by atoms with Gasteiger partial charge in [0.1, 0.15) is 6.54 Å². The van der Waals surface area contributed by atoms with E-state index in [2.05, 4.69) is 10.4 Å². The molecule has 0 spiro atoms. The van der Waals surface area contributed by atoms with Gasteiger partial charge in [0.2, 0.25) is 5.91 Å². The first-order valence-electron chi connectivity index (χ1n) is 5.47. The van der Waals surface area contributed by atoms with E-state index in [9.17, 15) is 4.79 Å². The number of nitrogens with one attached hydrogen (secondary N) is 1. The molecule has 0 radical (unpaired) electrons. The van der Waals surface area contributed by atoms with Crippen LogP contribution in [0.25, 0.3) is 0 Å². The summed E-state index contributed by atoms with van der Waals surface area (Å²) in [6, 6.07) is 10.6. The Kier molecular flexibility index (Phi) is 3.39. The summed E-state index contributed by atoms with van der Waals surface area (Å²) in [6.07, 6.45) is 1.76. The van der Waals surface area contributed by atoms with E-state index in [0.29, 0.717) is 11.3 Å². The fourth-order valence-corrected chi connectivity index (χ4v) is 1.53. The highest BCUT2D eigenvalue weighted by molar-refractivity contribution is 5.90. The summed E-state index contributed by atoms with van der Waals surface area (Å²) >= 11 is 0. The van der Waals surface area contributed by atoms with Gasteiger partial charge in [-0.05, 0) is 37.3 Å². The number of nitrogens with zero attached hydrogens (tertiary/aromatic N) is 3. The van der Waals surface area contributed by atoms with Gasteiger partial charge in [0.25, 0.3) is 0 Å². The molecule has 0 saturated carbocycles. The third-order valence-corrected chi connectivity index (χ3v) is 2.38. The van der Waals surface area contributed by atoms with Gasteiger partial charge in [-0.25, -0.2) is 0 Å². The third kappa shape index (κ3) is 2.95. The number of aryl methyl sites for hydroxylation is 1. The molecule has 1 aromatic carbocycles. The van der Waals surface area contributed by atoms with E-state index in [1.165, 1.54) is 0 Å². The topological polar surface area (TPSA) is 70.7 Å². The van der Waals surface area contributed by atoms with Gasteiger partial charge in [-0.2, -0.15) is 10.4 Å². The predicted molar refractivity (Wildman–Crippen MR) is 66.8 cm³/mol. The predicted octanol–water partition coefficient (Wildman–Crippen LogP) is 1.70. The Morgan fingerprint density at radius 2 is 2.11 bits per heavy atom. The molecular weight excluding hydrogens is 228 g/mol. The van der Waals surface area contributed by atoms with Crippen molar-refractivity contribution >= 4 is 11.6 Å². The zero-order valence-corrected chi connectivity index (χ0v) is 9.92. The second-order valence-corrected chi connectivity index (χ2v) is 3.89. The molecule has 5 heteroatoms. The molecule has 0 aliphatic rings. The Bertz CT molecular complexity index is 592. The first-order valence-corrected chi connectivity index (χ1v) is 5.47. The lowest BCUT2D eigenvalue weighted by molar-refractivity contribution is -0.116. The number of carbonyl (C=O) groups is 1. The normalized spacial score (nSPS) is 9.78.